The molecule has 2 fully saturated rings. The summed E-state index contributed by atoms with van der Waals surface area (Å²) in [6.45, 7) is 3.05. The first-order valence-electron chi connectivity index (χ1n) is 11.6. The number of aromatic nitrogens is 1. The van der Waals surface area contributed by atoms with E-state index in [0.29, 0.717) is 25.0 Å². The minimum absolute atomic E-state index is 0.0114. The number of ether oxygens (including phenoxy) is 1. The smallest absolute Gasteiger partial charge is 0.243 e. The first-order chi connectivity index (χ1) is 15.6. The molecule has 1 aliphatic carbocycles. The van der Waals surface area contributed by atoms with Gasteiger partial charge in [-0.05, 0) is 47.2 Å². The minimum atomic E-state index is -0.478. The van der Waals surface area contributed by atoms with Crippen molar-refractivity contribution in [2.75, 3.05) is 13.2 Å². The lowest BCUT2D eigenvalue weighted by atomic mass is 9.86. The average Bonchev–Trinajstić information content (AvgIpc) is 3.21. The molecule has 3 aliphatic heterocycles. The van der Waals surface area contributed by atoms with Gasteiger partial charge in [0.15, 0.2) is 0 Å². The lowest BCUT2D eigenvalue weighted by Gasteiger charge is -2.45. The second-order valence-electron chi connectivity index (χ2n) is 9.64. The van der Waals surface area contributed by atoms with E-state index in [-0.39, 0.29) is 24.4 Å². The molecule has 2 amide bonds. The molecule has 4 heterocycles. The number of nitrogens with zero attached hydrogens (tertiary/aromatic N) is 2. The standard InChI is InChI=1S/C26H25N3O3/c1-14-10-20(14)28-19-5-3-2-4-17(19)18-12-21-26(31)27-13-23(30)29(21)24(25(18)28)16-6-7-22-15(11-16)8-9-32-22/h2-7,11,14,20-21,24H,8-10,12-13H2,1H3,(H,27,31)/t14?,20?,21-,24-/m1/s1. The van der Waals surface area contributed by atoms with E-state index >= 15 is 0 Å². The van der Waals surface area contributed by atoms with Crippen LogP contribution in [-0.2, 0) is 22.4 Å². The Kier molecular flexibility index (Phi) is 3.65. The van der Waals surface area contributed by atoms with Crippen molar-refractivity contribution in [3.63, 3.8) is 0 Å². The van der Waals surface area contributed by atoms with Gasteiger partial charge in [-0.1, -0.05) is 31.2 Å². The number of nitrogens with one attached hydrogen (secondary N) is 1. The maximum Gasteiger partial charge on any atom is 0.243 e. The fraction of sp³-hybridized carbons (Fsp3) is 0.385. The zero-order valence-electron chi connectivity index (χ0n) is 18.0. The molecule has 4 aliphatic rings. The summed E-state index contributed by atoms with van der Waals surface area (Å²) in [6.07, 6.45) is 2.59. The van der Waals surface area contributed by atoms with Crippen LogP contribution in [0.4, 0.5) is 0 Å². The molecule has 32 heavy (non-hydrogen) atoms. The van der Waals surface area contributed by atoms with Crippen LogP contribution >= 0.6 is 0 Å². The van der Waals surface area contributed by atoms with Crippen LogP contribution in [0.5, 0.6) is 5.75 Å². The molecule has 6 heteroatoms. The van der Waals surface area contributed by atoms with Crippen molar-refractivity contribution in [3.8, 4) is 5.75 Å². The number of rotatable bonds is 2. The number of carbonyl (C=O) groups excluding carboxylic acids is 2. The van der Waals surface area contributed by atoms with Crippen LogP contribution in [0.1, 0.15) is 47.8 Å². The number of amides is 2. The van der Waals surface area contributed by atoms with Gasteiger partial charge in [0.25, 0.3) is 0 Å². The van der Waals surface area contributed by atoms with Crippen molar-refractivity contribution < 1.29 is 14.3 Å². The van der Waals surface area contributed by atoms with Gasteiger partial charge in [-0.2, -0.15) is 0 Å². The van der Waals surface area contributed by atoms with Crippen LogP contribution in [0.3, 0.4) is 0 Å². The predicted octanol–water partition coefficient (Wildman–Crippen LogP) is 3.13. The van der Waals surface area contributed by atoms with Crippen molar-refractivity contribution >= 4 is 22.7 Å². The van der Waals surface area contributed by atoms with Crippen LogP contribution in [0.25, 0.3) is 10.9 Å². The number of hydrogen-bond donors (Lipinski definition) is 1. The van der Waals surface area contributed by atoms with Crippen molar-refractivity contribution in [2.45, 2.75) is 44.3 Å². The summed E-state index contributed by atoms with van der Waals surface area (Å²) in [5.74, 6) is 1.48. The first kappa shape index (κ1) is 18.3. The molecule has 0 bridgehead atoms. The number of hydrogen-bond acceptors (Lipinski definition) is 3. The maximum atomic E-state index is 13.3. The summed E-state index contributed by atoms with van der Waals surface area (Å²) >= 11 is 0. The monoisotopic (exact) mass is 427 g/mol. The summed E-state index contributed by atoms with van der Waals surface area (Å²) in [7, 11) is 0. The van der Waals surface area contributed by atoms with Crippen molar-refractivity contribution in [2.24, 2.45) is 5.92 Å². The van der Waals surface area contributed by atoms with E-state index in [0.717, 1.165) is 24.2 Å². The van der Waals surface area contributed by atoms with Crippen LogP contribution in [0.15, 0.2) is 42.5 Å². The van der Waals surface area contributed by atoms with Crippen LogP contribution in [-0.4, -0.2) is 40.5 Å². The SMILES string of the molecule is CC1CC1n1c2c(c3ccccc31)C[C@@H]1C(=O)NCC(=O)N1[C@@H]2c1ccc2c(c1)CCO2. The second-order valence-corrected chi connectivity index (χ2v) is 9.64. The third-order valence-electron chi connectivity index (χ3n) is 7.76. The quantitative estimate of drug-likeness (QED) is 0.684. The molecule has 3 aromatic rings. The average molecular weight is 428 g/mol. The molecule has 6 nitrogen and oxygen atoms in total. The minimum Gasteiger partial charge on any atom is -0.493 e. The molecular formula is C26H25N3O3. The van der Waals surface area contributed by atoms with Gasteiger partial charge in [0.2, 0.25) is 11.8 Å². The molecular weight excluding hydrogens is 402 g/mol. The van der Waals surface area contributed by atoms with E-state index in [1.165, 1.54) is 27.7 Å². The number of carbonyl (C=O) groups is 2. The summed E-state index contributed by atoms with van der Waals surface area (Å²) in [6, 6.07) is 14.5. The Balaban J connectivity index is 1.53. The van der Waals surface area contributed by atoms with Gasteiger partial charge in [-0.25, -0.2) is 0 Å². The molecule has 1 aromatic heterocycles. The molecule has 2 unspecified atom stereocenters. The first-order valence-corrected chi connectivity index (χ1v) is 11.6. The highest BCUT2D eigenvalue weighted by Gasteiger charge is 2.49. The van der Waals surface area contributed by atoms with E-state index in [9.17, 15) is 9.59 Å². The van der Waals surface area contributed by atoms with Crippen LogP contribution in [0, 0.1) is 5.92 Å². The highest BCUT2D eigenvalue weighted by molar-refractivity contribution is 5.97. The molecule has 4 atom stereocenters. The van der Waals surface area contributed by atoms with E-state index in [4.69, 9.17) is 4.74 Å². The molecule has 162 valence electrons. The lowest BCUT2D eigenvalue weighted by molar-refractivity contribution is -0.148. The van der Waals surface area contributed by atoms with Gasteiger partial charge >= 0.3 is 0 Å². The Morgan fingerprint density at radius 2 is 1.97 bits per heavy atom. The van der Waals surface area contributed by atoms with Gasteiger partial charge in [-0.3, -0.25) is 9.59 Å². The van der Waals surface area contributed by atoms with Crippen molar-refractivity contribution in [1.82, 2.24) is 14.8 Å². The fourth-order valence-electron chi connectivity index (χ4n) is 6.09. The Labute approximate surface area is 186 Å². The molecule has 1 N–H and O–H groups in total. The summed E-state index contributed by atoms with van der Waals surface area (Å²) < 4.78 is 8.23. The molecule has 0 radical (unpaired) electrons. The maximum absolute atomic E-state index is 13.3. The van der Waals surface area contributed by atoms with E-state index in [2.05, 4.69) is 53.2 Å². The third kappa shape index (κ3) is 2.41. The number of fused-ring (bicyclic) bond motifs is 5. The lowest BCUT2D eigenvalue weighted by Crippen LogP contribution is -2.62. The number of piperazine rings is 1. The predicted molar refractivity (Wildman–Crippen MR) is 120 cm³/mol. The number of benzene rings is 2. The van der Waals surface area contributed by atoms with Gasteiger partial charge in [0.1, 0.15) is 11.8 Å². The molecule has 2 aromatic carbocycles. The summed E-state index contributed by atoms with van der Waals surface area (Å²) in [5.41, 5.74) is 5.88. The highest BCUT2D eigenvalue weighted by atomic mass is 16.5. The van der Waals surface area contributed by atoms with Gasteiger partial charge < -0.3 is 19.5 Å². The molecule has 0 spiro atoms. The molecule has 7 rings (SSSR count). The highest BCUT2D eigenvalue weighted by Crippen LogP contribution is 2.51. The van der Waals surface area contributed by atoms with Crippen LogP contribution in [0.2, 0.25) is 0 Å². The topological polar surface area (TPSA) is 63.6 Å². The van der Waals surface area contributed by atoms with Gasteiger partial charge in [0.05, 0.1) is 19.2 Å². The van der Waals surface area contributed by atoms with Gasteiger partial charge in [0, 0.05) is 35.5 Å². The fourth-order valence-corrected chi connectivity index (χ4v) is 6.09. The Morgan fingerprint density at radius 3 is 2.81 bits per heavy atom. The zero-order valence-corrected chi connectivity index (χ0v) is 18.0. The zero-order chi connectivity index (χ0) is 21.6. The normalized spacial score (nSPS) is 28.1. The van der Waals surface area contributed by atoms with Crippen molar-refractivity contribution in [1.29, 1.82) is 0 Å². The molecule has 1 saturated carbocycles. The number of para-hydroxylation sites is 1. The van der Waals surface area contributed by atoms with Crippen molar-refractivity contribution in [3.05, 3.63) is 64.8 Å². The van der Waals surface area contributed by atoms with E-state index in [1.807, 2.05) is 11.0 Å². The summed E-state index contributed by atoms with van der Waals surface area (Å²) in [4.78, 5) is 28.1. The Hall–Kier alpha value is -3.28. The third-order valence-corrected chi connectivity index (χ3v) is 7.76. The van der Waals surface area contributed by atoms with E-state index < -0.39 is 6.04 Å². The Bertz CT molecular complexity index is 1310. The second kappa shape index (κ2) is 6.37. The summed E-state index contributed by atoms with van der Waals surface area (Å²) in [5, 5.41) is 4.03. The van der Waals surface area contributed by atoms with Gasteiger partial charge in [-0.15, -0.1) is 0 Å². The molecule has 1 saturated heterocycles. The van der Waals surface area contributed by atoms with Crippen LogP contribution < -0.4 is 10.1 Å². The largest absolute Gasteiger partial charge is 0.493 e. The van der Waals surface area contributed by atoms with E-state index in [1.54, 1.807) is 0 Å². The Morgan fingerprint density at radius 1 is 1.12 bits per heavy atom.